The van der Waals surface area contributed by atoms with Gasteiger partial charge in [-0.3, -0.25) is 4.79 Å². The fourth-order valence-electron chi connectivity index (χ4n) is 3.14. The molecule has 3 rings (SSSR count). The summed E-state index contributed by atoms with van der Waals surface area (Å²) in [6.45, 7) is 1.80. The number of hydrogen-bond acceptors (Lipinski definition) is 7. The third-order valence-electron chi connectivity index (χ3n) is 4.98. The predicted molar refractivity (Wildman–Crippen MR) is 108 cm³/mol. The molecule has 158 valence electrons. The van der Waals surface area contributed by atoms with E-state index < -0.39 is 39.7 Å². The van der Waals surface area contributed by atoms with E-state index >= 15 is 0 Å². The van der Waals surface area contributed by atoms with Gasteiger partial charge in [0, 0.05) is 12.0 Å². The summed E-state index contributed by atoms with van der Waals surface area (Å²) in [7, 11) is -3.57. The van der Waals surface area contributed by atoms with Crippen LogP contribution in [-0.4, -0.2) is 42.4 Å². The highest BCUT2D eigenvalue weighted by Gasteiger charge is 2.32. The normalized spacial score (nSPS) is 17.5. The molecule has 1 aromatic heterocycles. The zero-order valence-corrected chi connectivity index (χ0v) is 17.1. The first kappa shape index (κ1) is 21.5. The molecule has 1 heterocycles. The van der Waals surface area contributed by atoms with Crippen LogP contribution in [-0.2, 0) is 20.4 Å². The Kier molecular flexibility index (Phi) is 6.71. The molecule has 1 aromatic carbocycles. The number of nitrogens with one attached hydrogen (secondary N) is 1. The van der Waals surface area contributed by atoms with E-state index in [0.717, 1.165) is 18.5 Å². The summed E-state index contributed by atoms with van der Waals surface area (Å²) in [6, 6.07) is 8.53. The summed E-state index contributed by atoms with van der Waals surface area (Å²) >= 11 is 0. The first-order chi connectivity index (χ1) is 13.8. The summed E-state index contributed by atoms with van der Waals surface area (Å²) in [5.41, 5.74) is 7.29. The van der Waals surface area contributed by atoms with Crippen molar-refractivity contribution in [3.8, 4) is 0 Å². The average Bonchev–Trinajstić information content (AvgIpc) is 3.42. The summed E-state index contributed by atoms with van der Waals surface area (Å²) in [5.74, 6) is -0.623. The highest BCUT2D eigenvalue weighted by molar-refractivity contribution is 7.90. The van der Waals surface area contributed by atoms with Crippen LogP contribution >= 0.6 is 0 Å². The number of aromatic nitrogens is 1. The van der Waals surface area contributed by atoms with Crippen LogP contribution in [0.3, 0.4) is 0 Å². The van der Waals surface area contributed by atoms with E-state index in [-0.39, 0.29) is 11.5 Å². The highest BCUT2D eigenvalue weighted by atomic mass is 32.2. The zero-order valence-electron chi connectivity index (χ0n) is 16.3. The van der Waals surface area contributed by atoms with Crippen LogP contribution in [0.5, 0.6) is 0 Å². The number of rotatable bonds is 10. The number of amides is 1. The van der Waals surface area contributed by atoms with E-state index in [2.05, 4.69) is 10.5 Å². The number of carbonyl (C=O) groups is 1. The van der Waals surface area contributed by atoms with E-state index in [1.54, 1.807) is 43.3 Å². The number of nitrogens with zero attached hydrogens (tertiary/aromatic N) is 1. The summed E-state index contributed by atoms with van der Waals surface area (Å²) in [6.07, 6.45) is 1.44. The third-order valence-corrected chi connectivity index (χ3v) is 6.62. The number of carbonyl (C=O) groups excluding carboxylic acids is 1. The van der Waals surface area contributed by atoms with E-state index in [1.165, 1.54) is 0 Å². The van der Waals surface area contributed by atoms with Crippen LogP contribution in [0.15, 0.2) is 40.9 Å². The molecule has 3 atom stereocenters. The van der Waals surface area contributed by atoms with Gasteiger partial charge in [-0.05, 0) is 24.8 Å². The second-order valence-corrected chi connectivity index (χ2v) is 9.65. The van der Waals surface area contributed by atoms with E-state index in [4.69, 9.17) is 10.3 Å². The van der Waals surface area contributed by atoms with E-state index in [9.17, 15) is 18.3 Å². The molecule has 29 heavy (non-hydrogen) atoms. The number of aliphatic hydroxyl groups is 1. The van der Waals surface area contributed by atoms with Gasteiger partial charge in [-0.2, -0.15) is 0 Å². The molecule has 0 unspecified atom stereocenters. The van der Waals surface area contributed by atoms with E-state index in [1.807, 2.05) is 0 Å². The SMILES string of the molecule is CC[C@H](NC(=O)[C@@H](N)CS(=O)(=O)Cc1ccccc1)[C@H](O)c1cc(C2CC2)no1. The molecule has 0 radical (unpaired) electrons. The molecule has 9 heteroatoms. The Morgan fingerprint density at radius 1 is 1.34 bits per heavy atom. The first-order valence-electron chi connectivity index (χ1n) is 9.74. The van der Waals surface area contributed by atoms with Crippen LogP contribution in [0.4, 0.5) is 0 Å². The Bertz CT molecular complexity index is 925. The van der Waals surface area contributed by atoms with Gasteiger partial charge in [-0.15, -0.1) is 0 Å². The van der Waals surface area contributed by atoms with Crippen LogP contribution in [0, 0.1) is 0 Å². The number of aliphatic hydroxyl groups excluding tert-OH is 1. The molecule has 1 saturated carbocycles. The van der Waals surface area contributed by atoms with Gasteiger partial charge >= 0.3 is 0 Å². The smallest absolute Gasteiger partial charge is 0.238 e. The van der Waals surface area contributed by atoms with Gasteiger partial charge in [0.2, 0.25) is 5.91 Å². The van der Waals surface area contributed by atoms with Gasteiger partial charge in [0.1, 0.15) is 6.10 Å². The minimum absolute atomic E-state index is 0.184. The molecule has 0 saturated heterocycles. The third kappa shape index (κ3) is 5.88. The minimum atomic E-state index is -3.57. The molecule has 1 aliphatic rings. The molecule has 0 aliphatic heterocycles. The van der Waals surface area contributed by atoms with Crippen molar-refractivity contribution in [2.45, 2.75) is 56.0 Å². The topological polar surface area (TPSA) is 136 Å². The summed E-state index contributed by atoms with van der Waals surface area (Å²) < 4.78 is 30.0. The summed E-state index contributed by atoms with van der Waals surface area (Å²) in [5, 5.41) is 17.2. The molecular formula is C20H27N3O5S. The second-order valence-electron chi connectivity index (χ2n) is 7.54. The molecule has 1 aliphatic carbocycles. The van der Waals surface area contributed by atoms with Crippen molar-refractivity contribution in [1.82, 2.24) is 10.5 Å². The fraction of sp³-hybridized carbons (Fsp3) is 0.500. The molecule has 1 fully saturated rings. The lowest BCUT2D eigenvalue weighted by molar-refractivity contribution is -0.123. The maximum Gasteiger partial charge on any atom is 0.238 e. The number of benzene rings is 1. The van der Waals surface area contributed by atoms with Crippen molar-refractivity contribution in [2.24, 2.45) is 5.73 Å². The lowest BCUT2D eigenvalue weighted by Crippen LogP contribution is -2.50. The Hall–Kier alpha value is -2.23. The van der Waals surface area contributed by atoms with Crippen molar-refractivity contribution in [2.75, 3.05) is 5.75 Å². The Morgan fingerprint density at radius 2 is 2.03 bits per heavy atom. The maximum absolute atomic E-state index is 12.4. The lowest BCUT2D eigenvalue weighted by atomic mass is 10.0. The monoisotopic (exact) mass is 421 g/mol. The Morgan fingerprint density at radius 3 is 2.66 bits per heavy atom. The van der Waals surface area contributed by atoms with Gasteiger partial charge in [-0.1, -0.05) is 42.4 Å². The van der Waals surface area contributed by atoms with Crippen molar-refractivity contribution in [3.63, 3.8) is 0 Å². The summed E-state index contributed by atoms with van der Waals surface area (Å²) in [4.78, 5) is 12.4. The molecule has 2 aromatic rings. The molecule has 4 N–H and O–H groups in total. The van der Waals surface area contributed by atoms with Gasteiger partial charge in [0.25, 0.3) is 0 Å². The van der Waals surface area contributed by atoms with Gasteiger partial charge in [-0.25, -0.2) is 8.42 Å². The van der Waals surface area contributed by atoms with Crippen LogP contribution in [0.25, 0.3) is 0 Å². The quantitative estimate of drug-likeness (QED) is 0.528. The Labute approximate surface area is 170 Å². The zero-order chi connectivity index (χ0) is 21.0. The second kappa shape index (κ2) is 9.06. The molecule has 0 bridgehead atoms. The fourth-order valence-corrected chi connectivity index (χ4v) is 4.66. The number of hydrogen-bond donors (Lipinski definition) is 3. The van der Waals surface area contributed by atoms with Crippen LogP contribution < -0.4 is 11.1 Å². The predicted octanol–water partition coefficient (Wildman–Crippen LogP) is 1.42. The lowest BCUT2D eigenvalue weighted by Gasteiger charge is -2.23. The van der Waals surface area contributed by atoms with E-state index in [0.29, 0.717) is 17.9 Å². The molecule has 0 spiro atoms. The van der Waals surface area contributed by atoms with Crippen LogP contribution in [0.2, 0.25) is 0 Å². The van der Waals surface area contributed by atoms with Crippen molar-refractivity contribution in [1.29, 1.82) is 0 Å². The molecule has 1 amide bonds. The highest BCUT2D eigenvalue weighted by Crippen LogP contribution is 2.40. The standard InChI is InChI=1S/C20H27N3O5S/c1-2-16(19(24)18-10-17(23-28-18)14-8-9-14)22-20(25)15(21)12-29(26,27)11-13-6-4-3-5-7-13/h3-7,10,14-16,19,24H,2,8-9,11-12,21H2,1H3,(H,22,25)/t15-,16-,19-/m0/s1. The Balaban J connectivity index is 1.57. The van der Waals surface area contributed by atoms with Gasteiger partial charge in [0.15, 0.2) is 15.6 Å². The number of sulfone groups is 1. The van der Waals surface area contributed by atoms with Gasteiger partial charge < -0.3 is 20.7 Å². The maximum atomic E-state index is 12.4. The van der Waals surface area contributed by atoms with Gasteiger partial charge in [0.05, 0.1) is 29.3 Å². The largest absolute Gasteiger partial charge is 0.383 e. The molecule has 8 nitrogen and oxygen atoms in total. The van der Waals surface area contributed by atoms with Crippen molar-refractivity contribution >= 4 is 15.7 Å². The first-order valence-corrected chi connectivity index (χ1v) is 11.6. The van der Waals surface area contributed by atoms with Crippen molar-refractivity contribution in [3.05, 3.63) is 53.4 Å². The van der Waals surface area contributed by atoms with Crippen molar-refractivity contribution < 1.29 is 22.8 Å². The minimum Gasteiger partial charge on any atom is -0.383 e. The molecular weight excluding hydrogens is 394 g/mol. The number of nitrogens with two attached hydrogens (primary N) is 1. The average molecular weight is 422 g/mol. The van der Waals surface area contributed by atoms with Crippen LogP contribution in [0.1, 0.15) is 55.2 Å².